The van der Waals surface area contributed by atoms with Crippen LogP contribution in [0.3, 0.4) is 0 Å². The van der Waals surface area contributed by atoms with Gasteiger partial charge in [-0.2, -0.15) is 0 Å². The van der Waals surface area contributed by atoms with E-state index in [1.54, 1.807) is 20.3 Å². The van der Waals surface area contributed by atoms with Crippen molar-refractivity contribution in [3.8, 4) is 11.5 Å². The second kappa shape index (κ2) is 10.8. The van der Waals surface area contributed by atoms with E-state index in [0.29, 0.717) is 17.9 Å². The van der Waals surface area contributed by atoms with Crippen molar-refractivity contribution in [2.24, 2.45) is 0 Å². The van der Waals surface area contributed by atoms with Crippen LogP contribution >= 0.6 is 0 Å². The van der Waals surface area contributed by atoms with Gasteiger partial charge in [-0.05, 0) is 54.3 Å². The molecule has 0 aliphatic heterocycles. The third-order valence-electron chi connectivity index (χ3n) is 4.28. The number of rotatable bonds is 11. The van der Waals surface area contributed by atoms with Crippen LogP contribution in [0.15, 0.2) is 67.5 Å². The first-order chi connectivity index (χ1) is 13.6. The van der Waals surface area contributed by atoms with Gasteiger partial charge >= 0.3 is 0 Å². The minimum atomic E-state index is 0.574. The summed E-state index contributed by atoms with van der Waals surface area (Å²) in [6.45, 7) is 7.92. The lowest BCUT2D eigenvalue weighted by molar-refractivity contribution is -0.103. The number of ether oxygens (including phenoxy) is 3. The Hall–Kier alpha value is -3.27. The predicted octanol–water partition coefficient (Wildman–Crippen LogP) is 5.09. The lowest BCUT2D eigenvalue weighted by Gasteiger charge is -2.10. The van der Waals surface area contributed by atoms with Gasteiger partial charge in [0.2, 0.25) is 0 Å². The summed E-state index contributed by atoms with van der Waals surface area (Å²) in [6, 6.07) is 13.4. The lowest BCUT2D eigenvalue weighted by Crippen LogP contribution is -1.97. The van der Waals surface area contributed by atoms with Crippen LogP contribution in [0.25, 0.3) is 11.6 Å². The summed E-state index contributed by atoms with van der Waals surface area (Å²) in [7, 11) is 3.24. The molecule has 0 aliphatic rings. The summed E-state index contributed by atoms with van der Waals surface area (Å²) in [5.41, 5.74) is 3.38. The maximum absolute atomic E-state index is 11.6. The molecule has 0 amide bonds. The average molecular weight is 378 g/mol. The van der Waals surface area contributed by atoms with Gasteiger partial charge in [-0.3, -0.25) is 4.79 Å². The summed E-state index contributed by atoms with van der Waals surface area (Å²) in [4.78, 5) is 11.6. The third kappa shape index (κ3) is 5.88. The number of hydrogen-bond acceptors (Lipinski definition) is 4. The Kier molecular flexibility index (Phi) is 8.10. The van der Waals surface area contributed by atoms with Crippen LogP contribution in [-0.2, 0) is 16.0 Å². The van der Waals surface area contributed by atoms with Crippen molar-refractivity contribution in [2.75, 3.05) is 20.8 Å². The fourth-order valence-corrected chi connectivity index (χ4v) is 2.71. The van der Waals surface area contributed by atoms with E-state index in [4.69, 9.17) is 14.2 Å². The molecule has 0 saturated carbocycles. The number of hydrogen-bond donors (Lipinski definition) is 0. The first kappa shape index (κ1) is 21.0. The molecule has 146 valence electrons. The maximum atomic E-state index is 11.6. The van der Waals surface area contributed by atoms with Crippen molar-refractivity contribution in [2.45, 2.75) is 12.8 Å². The normalized spacial score (nSPS) is 10.9. The fourth-order valence-electron chi connectivity index (χ4n) is 2.71. The van der Waals surface area contributed by atoms with Gasteiger partial charge in [0.15, 0.2) is 6.29 Å². The highest BCUT2D eigenvalue weighted by Crippen LogP contribution is 2.26. The largest absolute Gasteiger partial charge is 0.497 e. The van der Waals surface area contributed by atoms with Crippen LogP contribution in [0.4, 0.5) is 0 Å². The second-order valence-corrected chi connectivity index (χ2v) is 6.14. The molecule has 0 N–H and O–H groups in total. The summed E-state index contributed by atoms with van der Waals surface area (Å²) in [5.74, 6) is 2.05. The Labute approximate surface area is 166 Å². The van der Waals surface area contributed by atoms with E-state index in [0.717, 1.165) is 47.3 Å². The molecule has 0 atom stereocenters. The lowest BCUT2D eigenvalue weighted by atomic mass is 10.0. The highest BCUT2D eigenvalue weighted by Gasteiger charge is 2.07. The van der Waals surface area contributed by atoms with Crippen molar-refractivity contribution in [3.05, 3.63) is 84.1 Å². The SMILES string of the molecule is C=CC(=C)OCCCc1ccc(/C=C(\C=O)c2ccc(OC)cc2)c(OC)c1. The van der Waals surface area contributed by atoms with Crippen molar-refractivity contribution in [3.63, 3.8) is 0 Å². The molecular formula is C24H26O4. The summed E-state index contributed by atoms with van der Waals surface area (Å²) in [5, 5.41) is 0. The number of aldehydes is 1. The molecule has 4 heteroatoms. The van der Waals surface area contributed by atoms with E-state index in [1.165, 1.54) is 0 Å². The number of carbonyl (C=O) groups excluding carboxylic acids is 1. The molecule has 0 bridgehead atoms. The topological polar surface area (TPSA) is 44.8 Å². The monoisotopic (exact) mass is 378 g/mol. The predicted molar refractivity (Wildman–Crippen MR) is 114 cm³/mol. The first-order valence-corrected chi connectivity index (χ1v) is 9.03. The van der Waals surface area contributed by atoms with Gasteiger partial charge in [0.1, 0.15) is 17.3 Å². The quantitative estimate of drug-likeness (QED) is 0.136. The maximum Gasteiger partial charge on any atom is 0.150 e. The number of methoxy groups -OCH3 is 2. The Morgan fingerprint density at radius 2 is 1.82 bits per heavy atom. The molecule has 0 saturated heterocycles. The van der Waals surface area contributed by atoms with Crippen molar-refractivity contribution in [1.82, 2.24) is 0 Å². The van der Waals surface area contributed by atoms with Gasteiger partial charge in [-0.15, -0.1) is 0 Å². The van der Waals surface area contributed by atoms with Gasteiger partial charge in [0, 0.05) is 11.1 Å². The Balaban J connectivity index is 2.15. The molecule has 28 heavy (non-hydrogen) atoms. The Bertz CT molecular complexity index is 847. The first-order valence-electron chi connectivity index (χ1n) is 9.03. The molecule has 2 aromatic carbocycles. The van der Waals surface area contributed by atoms with Crippen molar-refractivity contribution >= 4 is 17.9 Å². The minimum Gasteiger partial charge on any atom is -0.497 e. The van der Waals surface area contributed by atoms with Gasteiger partial charge in [0.05, 0.1) is 20.8 Å². The molecule has 0 heterocycles. The molecule has 0 aliphatic carbocycles. The average Bonchev–Trinajstić information content (AvgIpc) is 2.75. The molecular weight excluding hydrogens is 352 g/mol. The van der Waals surface area contributed by atoms with Crippen LogP contribution < -0.4 is 9.47 Å². The molecule has 0 aromatic heterocycles. The molecule has 0 radical (unpaired) electrons. The smallest absolute Gasteiger partial charge is 0.150 e. The van der Waals surface area contributed by atoms with Crippen LogP contribution in [0, 0.1) is 0 Å². The number of allylic oxidation sites excluding steroid dienone is 2. The second-order valence-electron chi connectivity index (χ2n) is 6.14. The summed E-state index contributed by atoms with van der Waals surface area (Å²) < 4.78 is 16.1. The standard InChI is InChI=1S/C24H26O4/c1-5-18(2)28-14-6-7-19-8-9-21(24(15-19)27-4)16-22(17-25)20-10-12-23(26-3)13-11-20/h5,8-13,15-17H,1-2,6-7,14H2,3-4H3/b22-16+. The van der Waals surface area contributed by atoms with Gasteiger partial charge in [-0.1, -0.05) is 37.4 Å². The van der Waals surface area contributed by atoms with Gasteiger partial charge in [-0.25, -0.2) is 0 Å². The zero-order valence-corrected chi connectivity index (χ0v) is 16.4. The summed E-state index contributed by atoms with van der Waals surface area (Å²) >= 11 is 0. The van der Waals surface area contributed by atoms with E-state index >= 15 is 0 Å². The number of carbonyl (C=O) groups is 1. The van der Waals surface area contributed by atoms with Crippen LogP contribution in [0.2, 0.25) is 0 Å². The van der Waals surface area contributed by atoms with Crippen molar-refractivity contribution in [1.29, 1.82) is 0 Å². The molecule has 4 nitrogen and oxygen atoms in total. The Morgan fingerprint density at radius 3 is 2.43 bits per heavy atom. The summed E-state index contributed by atoms with van der Waals surface area (Å²) in [6.07, 6.45) is 5.98. The zero-order chi connectivity index (χ0) is 20.4. The van der Waals surface area contributed by atoms with Crippen LogP contribution in [-0.4, -0.2) is 27.1 Å². The highest BCUT2D eigenvalue weighted by molar-refractivity contribution is 6.13. The molecule has 2 aromatic rings. The number of benzene rings is 2. The van der Waals surface area contributed by atoms with Gasteiger partial charge in [0.25, 0.3) is 0 Å². The molecule has 0 spiro atoms. The van der Waals surface area contributed by atoms with E-state index < -0.39 is 0 Å². The molecule has 0 fully saturated rings. The van der Waals surface area contributed by atoms with Crippen LogP contribution in [0.5, 0.6) is 11.5 Å². The van der Waals surface area contributed by atoms with E-state index in [-0.39, 0.29) is 0 Å². The highest BCUT2D eigenvalue weighted by atomic mass is 16.5. The van der Waals surface area contributed by atoms with Crippen molar-refractivity contribution < 1.29 is 19.0 Å². The zero-order valence-electron chi connectivity index (χ0n) is 16.4. The van der Waals surface area contributed by atoms with E-state index in [1.807, 2.05) is 48.5 Å². The van der Waals surface area contributed by atoms with E-state index in [9.17, 15) is 4.79 Å². The fraction of sp³-hybridized carbons (Fsp3) is 0.208. The molecule has 0 unspecified atom stereocenters. The number of aryl methyl sites for hydroxylation is 1. The van der Waals surface area contributed by atoms with Crippen LogP contribution in [0.1, 0.15) is 23.1 Å². The minimum absolute atomic E-state index is 0.574. The molecule has 2 rings (SSSR count). The van der Waals surface area contributed by atoms with E-state index in [2.05, 4.69) is 13.2 Å². The van der Waals surface area contributed by atoms with Gasteiger partial charge < -0.3 is 14.2 Å². The Morgan fingerprint density at radius 1 is 1.07 bits per heavy atom. The third-order valence-corrected chi connectivity index (χ3v) is 4.28.